The van der Waals surface area contributed by atoms with Crippen LogP contribution < -0.4 is 16.6 Å². The van der Waals surface area contributed by atoms with Crippen molar-refractivity contribution in [3.63, 3.8) is 0 Å². The summed E-state index contributed by atoms with van der Waals surface area (Å²) >= 11 is 0. The van der Waals surface area contributed by atoms with Crippen molar-refractivity contribution in [3.05, 3.63) is 93.2 Å². The number of carbonyl (C=O) groups is 1. The van der Waals surface area contributed by atoms with Gasteiger partial charge in [-0.2, -0.15) is 0 Å². The molecule has 0 bridgehead atoms. The summed E-state index contributed by atoms with van der Waals surface area (Å²) in [4.78, 5) is 48.0. The molecule has 3 aromatic heterocycles. The van der Waals surface area contributed by atoms with Crippen LogP contribution in [0.1, 0.15) is 24.1 Å². The lowest BCUT2D eigenvalue weighted by Crippen LogP contribution is -2.44. The minimum absolute atomic E-state index is 0.214. The Morgan fingerprint density at radius 3 is 2.62 bits per heavy atom. The molecule has 0 aliphatic rings. The fourth-order valence-corrected chi connectivity index (χ4v) is 3.79. The summed E-state index contributed by atoms with van der Waals surface area (Å²) in [5.41, 5.74) is 1.05. The number of rotatable bonds is 9. The zero-order chi connectivity index (χ0) is 24.1. The lowest BCUT2D eigenvalue weighted by molar-refractivity contribution is -0.122. The number of nitrogens with one attached hydrogen (secondary N) is 1. The second-order valence-electron chi connectivity index (χ2n) is 7.92. The molecule has 10 nitrogen and oxygen atoms in total. The van der Waals surface area contributed by atoms with Crippen LogP contribution in [-0.2, 0) is 29.2 Å². The standard InChI is InChI=1S/C24H26N6O4/c1-17(19-9-6-10-25-13-19)27-20(31)15-30-23(32)21-22(26-16-28(21)11-12-34-2)29(24(30)33)14-18-7-4-3-5-8-18/h3-10,13,16-17H,11-12,14-15H2,1-2H3,(H,27,31). The van der Waals surface area contributed by atoms with Crippen LogP contribution in [0, 0.1) is 0 Å². The van der Waals surface area contributed by atoms with E-state index in [1.165, 1.54) is 10.9 Å². The Morgan fingerprint density at radius 2 is 1.91 bits per heavy atom. The Morgan fingerprint density at radius 1 is 1.12 bits per heavy atom. The van der Waals surface area contributed by atoms with Gasteiger partial charge in [-0.25, -0.2) is 14.3 Å². The zero-order valence-corrected chi connectivity index (χ0v) is 19.0. The Bertz CT molecular complexity index is 1390. The Kier molecular flexibility index (Phi) is 6.98. The zero-order valence-electron chi connectivity index (χ0n) is 19.0. The van der Waals surface area contributed by atoms with E-state index in [-0.39, 0.29) is 23.8 Å². The average Bonchev–Trinajstić information content (AvgIpc) is 3.28. The molecule has 0 saturated heterocycles. The quantitative estimate of drug-likeness (QED) is 0.402. The number of hydrogen-bond acceptors (Lipinski definition) is 6. The van der Waals surface area contributed by atoms with Crippen LogP contribution in [0.3, 0.4) is 0 Å². The number of hydrogen-bond donors (Lipinski definition) is 1. The average molecular weight is 463 g/mol. The first-order chi connectivity index (χ1) is 16.5. The van der Waals surface area contributed by atoms with Crippen LogP contribution in [-0.4, -0.2) is 43.3 Å². The first kappa shape index (κ1) is 23.1. The molecular formula is C24H26N6O4. The smallest absolute Gasteiger partial charge is 0.333 e. The second-order valence-corrected chi connectivity index (χ2v) is 7.92. The monoisotopic (exact) mass is 462 g/mol. The van der Waals surface area contributed by atoms with Crippen molar-refractivity contribution >= 4 is 17.1 Å². The van der Waals surface area contributed by atoms with E-state index in [4.69, 9.17) is 4.74 Å². The minimum Gasteiger partial charge on any atom is -0.383 e. The van der Waals surface area contributed by atoms with E-state index in [1.807, 2.05) is 43.3 Å². The number of carbonyl (C=O) groups excluding carboxylic acids is 1. The topological polar surface area (TPSA) is 113 Å². The third-order valence-electron chi connectivity index (χ3n) is 5.57. The molecule has 1 aromatic carbocycles. The van der Waals surface area contributed by atoms with Crippen LogP contribution in [0.5, 0.6) is 0 Å². The van der Waals surface area contributed by atoms with E-state index >= 15 is 0 Å². The summed E-state index contributed by atoms with van der Waals surface area (Å²) in [6, 6.07) is 12.7. The van der Waals surface area contributed by atoms with Crippen molar-refractivity contribution in [2.75, 3.05) is 13.7 Å². The highest BCUT2D eigenvalue weighted by atomic mass is 16.5. The number of methoxy groups -OCH3 is 1. The van der Waals surface area contributed by atoms with Gasteiger partial charge in [0.1, 0.15) is 6.54 Å². The second kappa shape index (κ2) is 10.3. The normalized spacial score (nSPS) is 12.1. The summed E-state index contributed by atoms with van der Waals surface area (Å²) in [5.74, 6) is -0.455. The van der Waals surface area contributed by atoms with Gasteiger partial charge in [0, 0.05) is 26.0 Å². The lowest BCUT2D eigenvalue weighted by Gasteiger charge is -2.16. The molecule has 0 saturated carbocycles. The fraction of sp³-hybridized carbons (Fsp3) is 0.292. The largest absolute Gasteiger partial charge is 0.383 e. The van der Waals surface area contributed by atoms with Gasteiger partial charge >= 0.3 is 5.69 Å². The van der Waals surface area contributed by atoms with Gasteiger partial charge < -0.3 is 14.6 Å². The molecule has 0 radical (unpaired) electrons. The van der Waals surface area contributed by atoms with E-state index in [9.17, 15) is 14.4 Å². The van der Waals surface area contributed by atoms with Crippen molar-refractivity contribution in [1.82, 2.24) is 29.0 Å². The van der Waals surface area contributed by atoms with E-state index in [0.717, 1.165) is 15.7 Å². The fourth-order valence-electron chi connectivity index (χ4n) is 3.79. The van der Waals surface area contributed by atoms with Crippen molar-refractivity contribution in [2.24, 2.45) is 0 Å². The van der Waals surface area contributed by atoms with Gasteiger partial charge in [0.05, 0.1) is 25.5 Å². The third kappa shape index (κ3) is 4.81. The summed E-state index contributed by atoms with van der Waals surface area (Å²) in [5, 5.41) is 2.83. The van der Waals surface area contributed by atoms with Crippen molar-refractivity contribution in [2.45, 2.75) is 32.6 Å². The van der Waals surface area contributed by atoms with Crippen LogP contribution >= 0.6 is 0 Å². The molecule has 0 fully saturated rings. The predicted octanol–water partition coefficient (Wildman–Crippen LogP) is 1.33. The lowest BCUT2D eigenvalue weighted by atomic mass is 10.1. The number of fused-ring (bicyclic) bond motifs is 1. The van der Waals surface area contributed by atoms with E-state index in [0.29, 0.717) is 13.2 Å². The van der Waals surface area contributed by atoms with Crippen molar-refractivity contribution in [3.8, 4) is 0 Å². The molecule has 0 aliphatic heterocycles. The summed E-state index contributed by atoms with van der Waals surface area (Å²) in [6.07, 6.45) is 4.82. The first-order valence-electron chi connectivity index (χ1n) is 10.9. The minimum atomic E-state index is -0.595. The van der Waals surface area contributed by atoms with Gasteiger partial charge in [-0.05, 0) is 24.1 Å². The maximum atomic E-state index is 13.4. The molecule has 0 aliphatic carbocycles. The molecule has 1 N–H and O–H groups in total. The van der Waals surface area contributed by atoms with Gasteiger partial charge in [-0.1, -0.05) is 36.4 Å². The van der Waals surface area contributed by atoms with E-state index < -0.39 is 23.7 Å². The molecule has 1 atom stereocenters. The maximum Gasteiger partial charge on any atom is 0.333 e. The maximum absolute atomic E-state index is 13.4. The van der Waals surface area contributed by atoms with Crippen LogP contribution in [0.2, 0.25) is 0 Å². The summed E-state index contributed by atoms with van der Waals surface area (Å²) < 4.78 is 9.17. The van der Waals surface area contributed by atoms with Crippen LogP contribution in [0.4, 0.5) is 0 Å². The Balaban J connectivity index is 1.73. The van der Waals surface area contributed by atoms with Crippen molar-refractivity contribution < 1.29 is 9.53 Å². The van der Waals surface area contributed by atoms with Gasteiger partial charge in [0.15, 0.2) is 11.2 Å². The molecule has 34 heavy (non-hydrogen) atoms. The van der Waals surface area contributed by atoms with Crippen LogP contribution in [0.25, 0.3) is 11.2 Å². The van der Waals surface area contributed by atoms with Gasteiger partial charge in [0.25, 0.3) is 5.56 Å². The van der Waals surface area contributed by atoms with E-state index in [1.54, 1.807) is 30.1 Å². The Hall–Kier alpha value is -4.05. The molecule has 3 heterocycles. The number of ether oxygens (including phenoxy) is 1. The summed E-state index contributed by atoms with van der Waals surface area (Å²) in [7, 11) is 1.57. The number of amides is 1. The van der Waals surface area contributed by atoms with Gasteiger partial charge in [-0.15, -0.1) is 0 Å². The number of pyridine rings is 1. The van der Waals surface area contributed by atoms with Crippen LogP contribution in [0.15, 0.2) is 70.8 Å². The SMILES string of the molecule is COCCn1cnc2c1c(=O)n(CC(=O)NC(C)c1cccnc1)c(=O)n2Cc1ccccc1. The molecular weight excluding hydrogens is 436 g/mol. The molecule has 10 heteroatoms. The Labute approximate surface area is 195 Å². The first-order valence-corrected chi connectivity index (χ1v) is 10.9. The van der Waals surface area contributed by atoms with Gasteiger partial charge in [0.2, 0.25) is 5.91 Å². The highest BCUT2D eigenvalue weighted by molar-refractivity contribution is 5.77. The highest BCUT2D eigenvalue weighted by Gasteiger charge is 2.20. The van der Waals surface area contributed by atoms with Crippen molar-refractivity contribution in [1.29, 1.82) is 0 Å². The number of imidazole rings is 1. The molecule has 1 unspecified atom stereocenters. The molecule has 4 rings (SSSR count). The number of aromatic nitrogens is 5. The highest BCUT2D eigenvalue weighted by Crippen LogP contribution is 2.11. The molecule has 176 valence electrons. The van der Waals surface area contributed by atoms with Gasteiger partial charge in [-0.3, -0.25) is 19.1 Å². The van der Waals surface area contributed by atoms with E-state index in [2.05, 4.69) is 15.3 Å². The summed E-state index contributed by atoms with van der Waals surface area (Å²) in [6.45, 7) is 2.37. The molecule has 4 aromatic rings. The predicted molar refractivity (Wildman–Crippen MR) is 126 cm³/mol. The third-order valence-corrected chi connectivity index (χ3v) is 5.57. The number of benzene rings is 1. The molecule has 0 spiro atoms. The molecule has 1 amide bonds. The number of nitrogens with zero attached hydrogens (tertiary/aromatic N) is 5.